The van der Waals surface area contributed by atoms with Crippen LogP contribution in [0.15, 0.2) is 30.3 Å². The molecule has 0 saturated heterocycles. The molecule has 0 radical (unpaired) electrons. The van der Waals surface area contributed by atoms with Gasteiger partial charge in [-0.2, -0.15) is 0 Å². The smallest absolute Gasteiger partial charge is 0.166 e. The standard InChI is InChI=1S/C17H19ClN4/c1-3-15-20-14-10-11(2)16(18)21-17(14)22(15)13-6-4-12(5-7-13)8-9-19/h4-7,10H,3,8-9,19H2,1-2H3. The summed E-state index contributed by atoms with van der Waals surface area (Å²) in [6, 6.07) is 10.4. The number of rotatable bonds is 4. The van der Waals surface area contributed by atoms with Crippen LogP contribution >= 0.6 is 11.6 Å². The van der Waals surface area contributed by atoms with Gasteiger partial charge in [-0.15, -0.1) is 0 Å². The number of hydrogen-bond acceptors (Lipinski definition) is 3. The molecule has 0 spiro atoms. The third-order valence-electron chi connectivity index (χ3n) is 3.77. The first-order valence-electron chi connectivity index (χ1n) is 7.48. The van der Waals surface area contributed by atoms with Gasteiger partial charge in [0.05, 0.1) is 0 Å². The average Bonchev–Trinajstić information content (AvgIpc) is 2.86. The van der Waals surface area contributed by atoms with Gasteiger partial charge < -0.3 is 5.73 Å². The third-order valence-corrected chi connectivity index (χ3v) is 4.16. The highest BCUT2D eigenvalue weighted by Gasteiger charge is 2.14. The van der Waals surface area contributed by atoms with Crippen molar-refractivity contribution in [3.05, 3.63) is 52.4 Å². The Morgan fingerprint density at radius 2 is 1.91 bits per heavy atom. The lowest BCUT2D eigenvalue weighted by molar-refractivity contribution is 0.898. The molecule has 0 bridgehead atoms. The van der Waals surface area contributed by atoms with E-state index in [1.54, 1.807) is 0 Å². The van der Waals surface area contributed by atoms with Crippen LogP contribution in [0.3, 0.4) is 0 Å². The molecule has 22 heavy (non-hydrogen) atoms. The largest absolute Gasteiger partial charge is 0.330 e. The summed E-state index contributed by atoms with van der Waals surface area (Å²) in [5.74, 6) is 0.982. The minimum absolute atomic E-state index is 0.524. The highest BCUT2D eigenvalue weighted by molar-refractivity contribution is 6.30. The van der Waals surface area contributed by atoms with Crippen molar-refractivity contribution in [1.82, 2.24) is 14.5 Å². The monoisotopic (exact) mass is 314 g/mol. The normalized spacial score (nSPS) is 11.3. The van der Waals surface area contributed by atoms with Crippen LogP contribution in [0.1, 0.15) is 23.9 Å². The van der Waals surface area contributed by atoms with Crippen molar-refractivity contribution < 1.29 is 0 Å². The number of fused-ring (bicyclic) bond motifs is 1. The van der Waals surface area contributed by atoms with E-state index in [-0.39, 0.29) is 0 Å². The summed E-state index contributed by atoms with van der Waals surface area (Å²) in [6.45, 7) is 4.69. The Morgan fingerprint density at radius 3 is 2.55 bits per heavy atom. The quantitative estimate of drug-likeness (QED) is 0.750. The maximum atomic E-state index is 6.20. The molecule has 0 saturated carbocycles. The molecule has 0 aliphatic heterocycles. The van der Waals surface area contributed by atoms with Crippen LogP contribution in [-0.2, 0) is 12.8 Å². The van der Waals surface area contributed by atoms with Crippen molar-refractivity contribution in [3.63, 3.8) is 0 Å². The predicted octanol–water partition coefficient (Wildman–Crippen LogP) is 3.45. The van der Waals surface area contributed by atoms with E-state index >= 15 is 0 Å². The highest BCUT2D eigenvalue weighted by Crippen LogP contribution is 2.24. The molecule has 114 valence electrons. The molecule has 5 heteroatoms. The van der Waals surface area contributed by atoms with E-state index in [1.807, 2.05) is 13.0 Å². The number of nitrogens with zero attached hydrogens (tertiary/aromatic N) is 3. The van der Waals surface area contributed by atoms with Gasteiger partial charge in [-0.3, -0.25) is 4.57 Å². The van der Waals surface area contributed by atoms with E-state index < -0.39 is 0 Å². The van der Waals surface area contributed by atoms with Crippen LogP contribution in [0, 0.1) is 6.92 Å². The van der Waals surface area contributed by atoms with Crippen molar-refractivity contribution in [2.45, 2.75) is 26.7 Å². The van der Waals surface area contributed by atoms with E-state index in [0.29, 0.717) is 11.7 Å². The van der Waals surface area contributed by atoms with E-state index in [1.165, 1.54) is 5.56 Å². The van der Waals surface area contributed by atoms with Gasteiger partial charge >= 0.3 is 0 Å². The van der Waals surface area contributed by atoms with Gasteiger partial charge in [0.15, 0.2) is 5.65 Å². The van der Waals surface area contributed by atoms with Crippen LogP contribution in [0.25, 0.3) is 16.9 Å². The molecule has 3 aromatic rings. The van der Waals surface area contributed by atoms with Gasteiger partial charge in [0, 0.05) is 12.1 Å². The van der Waals surface area contributed by atoms with Gasteiger partial charge in [-0.25, -0.2) is 9.97 Å². The molecule has 0 fully saturated rings. The zero-order valence-electron chi connectivity index (χ0n) is 12.8. The first-order valence-corrected chi connectivity index (χ1v) is 7.85. The predicted molar refractivity (Wildman–Crippen MR) is 90.7 cm³/mol. The molecule has 2 N–H and O–H groups in total. The van der Waals surface area contributed by atoms with Gasteiger partial charge in [-0.05, 0) is 49.2 Å². The van der Waals surface area contributed by atoms with Crippen LogP contribution in [0.2, 0.25) is 5.15 Å². The summed E-state index contributed by atoms with van der Waals surface area (Å²) >= 11 is 6.20. The first kappa shape index (κ1) is 15.0. The van der Waals surface area contributed by atoms with E-state index in [2.05, 4.69) is 40.7 Å². The number of benzene rings is 1. The Labute approximate surface area is 134 Å². The van der Waals surface area contributed by atoms with E-state index in [0.717, 1.165) is 41.1 Å². The zero-order chi connectivity index (χ0) is 15.7. The van der Waals surface area contributed by atoms with Crippen molar-refractivity contribution in [1.29, 1.82) is 0 Å². The Balaban J connectivity index is 2.17. The number of pyridine rings is 1. The summed E-state index contributed by atoms with van der Waals surface area (Å²) in [4.78, 5) is 9.21. The lowest BCUT2D eigenvalue weighted by atomic mass is 10.1. The fourth-order valence-corrected chi connectivity index (χ4v) is 2.75. The summed E-state index contributed by atoms with van der Waals surface area (Å²) in [5.41, 5.74) is 10.5. The van der Waals surface area contributed by atoms with Crippen molar-refractivity contribution in [2.24, 2.45) is 5.73 Å². The molecule has 1 aromatic carbocycles. The number of aryl methyl sites for hydroxylation is 2. The van der Waals surface area contributed by atoms with Crippen LogP contribution < -0.4 is 5.73 Å². The molecule has 0 atom stereocenters. The topological polar surface area (TPSA) is 56.7 Å². The summed E-state index contributed by atoms with van der Waals surface area (Å²) in [6.07, 6.45) is 1.71. The Kier molecular flexibility index (Phi) is 4.14. The van der Waals surface area contributed by atoms with Gasteiger partial charge in [0.25, 0.3) is 0 Å². The second kappa shape index (κ2) is 6.07. The molecule has 0 aliphatic rings. The van der Waals surface area contributed by atoms with Gasteiger partial charge in [0.1, 0.15) is 16.5 Å². The number of hydrogen-bond donors (Lipinski definition) is 1. The lowest BCUT2D eigenvalue weighted by Gasteiger charge is -2.09. The molecule has 2 aromatic heterocycles. The second-order valence-electron chi connectivity index (χ2n) is 5.36. The Bertz CT molecular complexity index is 806. The highest BCUT2D eigenvalue weighted by atomic mass is 35.5. The van der Waals surface area contributed by atoms with Gasteiger partial charge in [0.2, 0.25) is 0 Å². The molecular formula is C17H19ClN4. The first-order chi connectivity index (χ1) is 10.6. The zero-order valence-corrected chi connectivity index (χ0v) is 13.6. The molecule has 3 rings (SSSR count). The maximum Gasteiger partial charge on any atom is 0.166 e. The minimum atomic E-state index is 0.524. The maximum absolute atomic E-state index is 6.20. The molecule has 0 unspecified atom stereocenters. The van der Waals surface area contributed by atoms with Crippen LogP contribution in [0.4, 0.5) is 0 Å². The SMILES string of the molecule is CCc1nc2cc(C)c(Cl)nc2n1-c1ccc(CCN)cc1. The van der Waals surface area contributed by atoms with Crippen molar-refractivity contribution in [3.8, 4) is 5.69 Å². The molecule has 0 amide bonds. The van der Waals surface area contributed by atoms with Crippen LogP contribution in [0.5, 0.6) is 0 Å². The number of nitrogens with two attached hydrogens (primary N) is 1. The third kappa shape index (κ3) is 2.60. The fourth-order valence-electron chi connectivity index (χ4n) is 2.61. The number of aromatic nitrogens is 3. The summed E-state index contributed by atoms with van der Waals surface area (Å²) in [7, 11) is 0. The van der Waals surface area contributed by atoms with Crippen LogP contribution in [-0.4, -0.2) is 21.1 Å². The second-order valence-corrected chi connectivity index (χ2v) is 5.72. The summed E-state index contributed by atoms with van der Waals surface area (Å²) in [5, 5.41) is 0.524. The molecule has 2 heterocycles. The molecular weight excluding hydrogens is 296 g/mol. The van der Waals surface area contributed by atoms with Gasteiger partial charge in [-0.1, -0.05) is 30.7 Å². The molecule has 0 aliphatic carbocycles. The number of halogens is 1. The van der Waals surface area contributed by atoms with E-state index in [9.17, 15) is 0 Å². The molecule has 4 nitrogen and oxygen atoms in total. The minimum Gasteiger partial charge on any atom is -0.330 e. The Morgan fingerprint density at radius 1 is 1.18 bits per heavy atom. The number of imidazole rings is 1. The average molecular weight is 315 g/mol. The summed E-state index contributed by atoms with van der Waals surface area (Å²) < 4.78 is 2.08. The van der Waals surface area contributed by atoms with Crippen molar-refractivity contribution >= 4 is 22.8 Å². The van der Waals surface area contributed by atoms with E-state index in [4.69, 9.17) is 22.3 Å². The fraction of sp³-hybridized carbons (Fsp3) is 0.294. The van der Waals surface area contributed by atoms with Crippen molar-refractivity contribution in [2.75, 3.05) is 6.54 Å². The lowest BCUT2D eigenvalue weighted by Crippen LogP contribution is -2.04. The Hall–Kier alpha value is -1.91.